The molecular formula is C18H28O8. The molecule has 0 aromatic heterocycles. The van der Waals surface area contributed by atoms with Gasteiger partial charge in [0.25, 0.3) is 0 Å². The summed E-state index contributed by atoms with van der Waals surface area (Å²) in [6, 6.07) is 0. The van der Waals surface area contributed by atoms with Crippen LogP contribution in [0.1, 0.15) is 52.4 Å². The van der Waals surface area contributed by atoms with Crippen LogP contribution in [0.25, 0.3) is 0 Å². The molecule has 0 aromatic carbocycles. The van der Waals surface area contributed by atoms with Crippen molar-refractivity contribution in [2.45, 2.75) is 52.4 Å². The monoisotopic (exact) mass is 372 g/mol. The Morgan fingerprint density at radius 3 is 1.85 bits per heavy atom. The minimum atomic E-state index is -1.13. The number of carboxylic acids is 2. The second-order valence-corrected chi connectivity index (χ2v) is 5.04. The van der Waals surface area contributed by atoms with E-state index in [1.807, 2.05) is 13.8 Å². The zero-order valence-corrected chi connectivity index (χ0v) is 15.3. The van der Waals surface area contributed by atoms with E-state index in [0.717, 1.165) is 37.8 Å². The van der Waals surface area contributed by atoms with Gasteiger partial charge in [0, 0.05) is 12.2 Å². The predicted molar refractivity (Wildman–Crippen MR) is 94.5 cm³/mol. The van der Waals surface area contributed by atoms with Gasteiger partial charge in [0.2, 0.25) is 0 Å². The SMILES string of the molecule is CCCCOC(=O)/C=C/CC(=O)OCCCC.O=C(O)/C=C/CC(=O)O. The highest BCUT2D eigenvalue weighted by Crippen LogP contribution is 1.95. The minimum absolute atomic E-state index is 0.118. The summed E-state index contributed by atoms with van der Waals surface area (Å²) in [5.74, 6) is -2.88. The van der Waals surface area contributed by atoms with E-state index in [1.54, 1.807) is 0 Å². The summed E-state index contributed by atoms with van der Waals surface area (Å²) < 4.78 is 9.81. The number of carboxylic acid groups (broad SMARTS) is 2. The van der Waals surface area contributed by atoms with Crippen LogP contribution in [-0.4, -0.2) is 47.3 Å². The molecule has 0 atom stereocenters. The lowest BCUT2D eigenvalue weighted by Gasteiger charge is -2.01. The quantitative estimate of drug-likeness (QED) is 0.304. The molecule has 0 fully saturated rings. The summed E-state index contributed by atoms with van der Waals surface area (Å²) in [5, 5.41) is 15.9. The average Bonchev–Trinajstić information content (AvgIpc) is 2.55. The lowest BCUT2D eigenvalue weighted by Crippen LogP contribution is -2.05. The zero-order chi connectivity index (χ0) is 20.2. The molecule has 0 aromatic rings. The molecule has 0 heterocycles. The molecule has 0 amide bonds. The fourth-order valence-electron chi connectivity index (χ4n) is 1.27. The van der Waals surface area contributed by atoms with E-state index in [0.29, 0.717) is 13.2 Å². The second kappa shape index (κ2) is 18.7. The van der Waals surface area contributed by atoms with Crippen LogP contribution >= 0.6 is 0 Å². The van der Waals surface area contributed by atoms with Gasteiger partial charge < -0.3 is 19.7 Å². The third-order valence-corrected chi connectivity index (χ3v) is 2.59. The molecule has 0 spiro atoms. The van der Waals surface area contributed by atoms with Crippen LogP contribution < -0.4 is 0 Å². The summed E-state index contributed by atoms with van der Waals surface area (Å²) in [4.78, 5) is 41.7. The van der Waals surface area contributed by atoms with Gasteiger partial charge in [-0.15, -0.1) is 0 Å². The Morgan fingerprint density at radius 1 is 0.808 bits per heavy atom. The number of hydrogen-bond donors (Lipinski definition) is 2. The average molecular weight is 372 g/mol. The number of unbranched alkanes of at least 4 members (excludes halogenated alkanes) is 2. The number of carbonyl (C=O) groups excluding carboxylic acids is 2. The molecule has 8 heteroatoms. The molecule has 0 aliphatic rings. The van der Waals surface area contributed by atoms with Crippen molar-refractivity contribution in [1.82, 2.24) is 0 Å². The third-order valence-electron chi connectivity index (χ3n) is 2.59. The van der Waals surface area contributed by atoms with Crippen LogP contribution in [0.15, 0.2) is 24.3 Å². The maximum absolute atomic E-state index is 11.1. The first kappa shape index (κ1) is 25.6. The molecule has 26 heavy (non-hydrogen) atoms. The molecule has 0 unspecified atom stereocenters. The molecule has 0 radical (unpaired) electrons. The Kier molecular flexibility index (Phi) is 18.4. The molecule has 0 saturated carbocycles. The number of carbonyl (C=O) groups is 4. The van der Waals surface area contributed by atoms with Crippen LogP contribution in [0.3, 0.4) is 0 Å². The van der Waals surface area contributed by atoms with Gasteiger partial charge in [-0.05, 0) is 12.8 Å². The number of hydrogen-bond acceptors (Lipinski definition) is 6. The fraction of sp³-hybridized carbons (Fsp3) is 0.556. The molecule has 0 aliphatic carbocycles. The normalized spacial score (nSPS) is 10.2. The van der Waals surface area contributed by atoms with Crippen molar-refractivity contribution < 1.29 is 38.9 Å². The fourth-order valence-corrected chi connectivity index (χ4v) is 1.27. The van der Waals surface area contributed by atoms with Gasteiger partial charge in [-0.1, -0.05) is 38.8 Å². The predicted octanol–water partition coefficient (Wildman–Crippen LogP) is 2.72. The van der Waals surface area contributed by atoms with Gasteiger partial charge in [-0.25, -0.2) is 9.59 Å². The Hall–Kier alpha value is -2.64. The Balaban J connectivity index is 0. The highest BCUT2D eigenvalue weighted by molar-refractivity contribution is 5.83. The molecule has 148 valence electrons. The van der Waals surface area contributed by atoms with Gasteiger partial charge in [0.05, 0.1) is 26.1 Å². The first-order valence-corrected chi connectivity index (χ1v) is 8.43. The van der Waals surface area contributed by atoms with E-state index in [1.165, 1.54) is 12.2 Å². The summed E-state index contributed by atoms with van der Waals surface area (Å²) in [6.45, 7) is 4.93. The number of esters is 2. The van der Waals surface area contributed by atoms with Gasteiger partial charge in [-0.2, -0.15) is 0 Å². The lowest BCUT2D eigenvalue weighted by molar-refractivity contribution is -0.142. The van der Waals surface area contributed by atoms with Gasteiger partial charge in [0.1, 0.15) is 0 Å². The topological polar surface area (TPSA) is 127 Å². The van der Waals surface area contributed by atoms with Crippen LogP contribution in [0.5, 0.6) is 0 Å². The van der Waals surface area contributed by atoms with Crippen LogP contribution in [0, 0.1) is 0 Å². The molecule has 0 bridgehead atoms. The molecule has 0 rings (SSSR count). The van der Waals surface area contributed by atoms with Crippen molar-refractivity contribution in [2.24, 2.45) is 0 Å². The molecule has 0 aliphatic heterocycles. The number of ether oxygens (including phenoxy) is 2. The lowest BCUT2D eigenvalue weighted by atomic mass is 10.3. The second-order valence-electron chi connectivity index (χ2n) is 5.04. The van der Waals surface area contributed by atoms with Crippen molar-refractivity contribution >= 4 is 23.9 Å². The Labute approximate surface area is 153 Å². The minimum Gasteiger partial charge on any atom is -0.481 e. The maximum Gasteiger partial charge on any atom is 0.330 e. The molecule has 8 nitrogen and oxygen atoms in total. The van der Waals surface area contributed by atoms with Crippen molar-refractivity contribution in [3.63, 3.8) is 0 Å². The Bertz CT molecular complexity index is 480. The van der Waals surface area contributed by atoms with E-state index >= 15 is 0 Å². The van der Waals surface area contributed by atoms with Crippen molar-refractivity contribution in [3.05, 3.63) is 24.3 Å². The van der Waals surface area contributed by atoms with E-state index in [9.17, 15) is 19.2 Å². The van der Waals surface area contributed by atoms with Gasteiger partial charge in [0.15, 0.2) is 0 Å². The summed E-state index contributed by atoms with van der Waals surface area (Å²) in [5.41, 5.74) is 0. The van der Waals surface area contributed by atoms with Crippen LogP contribution in [0.2, 0.25) is 0 Å². The van der Waals surface area contributed by atoms with E-state index < -0.39 is 17.9 Å². The van der Waals surface area contributed by atoms with Gasteiger partial charge in [-0.3, -0.25) is 9.59 Å². The zero-order valence-electron chi connectivity index (χ0n) is 15.3. The molecular weight excluding hydrogens is 344 g/mol. The first-order valence-electron chi connectivity index (χ1n) is 8.43. The number of aliphatic carboxylic acids is 2. The van der Waals surface area contributed by atoms with Crippen molar-refractivity contribution in [2.75, 3.05) is 13.2 Å². The standard InChI is InChI=1S/C13H22O4.C5H6O4/c1-3-5-10-16-12(14)8-7-9-13(15)17-11-6-4-2;6-4(7)2-1-3-5(8)9/h7-8H,3-6,9-11H2,1-2H3;1-2H,3H2,(H,6,7)(H,8,9)/b8-7+;2-1+. The van der Waals surface area contributed by atoms with Crippen molar-refractivity contribution in [1.29, 1.82) is 0 Å². The summed E-state index contributed by atoms with van der Waals surface area (Å²) in [7, 11) is 0. The third kappa shape index (κ3) is 23.6. The summed E-state index contributed by atoms with van der Waals surface area (Å²) in [6.07, 6.45) is 8.21. The smallest absolute Gasteiger partial charge is 0.330 e. The van der Waals surface area contributed by atoms with E-state index in [-0.39, 0.29) is 18.8 Å². The van der Waals surface area contributed by atoms with Gasteiger partial charge >= 0.3 is 23.9 Å². The number of rotatable bonds is 12. The Morgan fingerprint density at radius 2 is 1.35 bits per heavy atom. The van der Waals surface area contributed by atoms with Crippen LogP contribution in [-0.2, 0) is 28.7 Å². The molecule has 0 saturated heterocycles. The van der Waals surface area contributed by atoms with Crippen molar-refractivity contribution in [3.8, 4) is 0 Å². The first-order chi connectivity index (χ1) is 12.3. The molecule has 2 N–H and O–H groups in total. The maximum atomic E-state index is 11.1. The highest BCUT2D eigenvalue weighted by atomic mass is 16.5. The van der Waals surface area contributed by atoms with E-state index in [4.69, 9.17) is 19.7 Å². The highest BCUT2D eigenvalue weighted by Gasteiger charge is 2.00. The summed E-state index contributed by atoms with van der Waals surface area (Å²) >= 11 is 0. The van der Waals surface area contributed by atoms with Crippen LogP contribution in [0.4, 0.5) is 0 Å². The van der Waals surface area contributed by atoms with E-state index in [2.05, 4.69) is 0 Å². The largest absolute Gasteiger partial charge is 0.481 e.